The Kier molecular flexibility index (Phi) is 73.7. The van der Waals surface area contributed by atoms with E-state index in [0.717, 1.165) is 108 Å². The summed E-state index contributed by atoms with van der Waals surface area (Å²) in [6.07, 6.45) is 65.4. The van der Waals surface area contributed by atoms with Crippen LogP contribution in [0.25, 0.3) is 0 Å². The van der Waals surface area contributed by atoms with E-state index in [-0.39, 0.29) is 25.7 Å². The van der Waals surface area contributed by atoms with Gasteiger partial charge in [-0.3, -0.25) is 37.3 Å². The van der Waals surface area contributed by atoms with Crippen molar-refractivity contribution in [2.45, 2.75) is 465 Å². The van der Waals surface area contributed by atoms with Crippen molar-refractivity contribution >= 4 is 39.5 Å². The summed E-state index contributed by atoms with van der Waals surface area (Å²) in [6, 6.07) is 0. The summed E-state index contributed by atoms with van der Waals surface area (Å²) >= 11 is 0. The molecule has 3 N–H and O–H groups in total. The van der Waals surface area contributed by atoms with Crippen molar-refractivity contribution in [1.82, 2.24) is 0 Å². The van der Waals surface area contributed by atoms with E-state index in [9.17, 15) is 43.2 Å². The monoisotopic (exact) mass is 1520 g/mol. The molecule has 0 bridgehead atoms. The first-order valence-electron chi connectivity index (χ1n) is 43.9. The fourth-order valence-corrected chi connectivity index (χ4v) is 14.7. The summed E-state index contributed by atoms with van der Waals surface area (Å²) in [5.74, 6) is 0.205. The zero-order valence-electron chi connectivity index (χ0n) is 68.5. The molecule has 0 saturated heterocycles. The first-order chi connectivity index (χ1) is 50.3. The lowest BCUT2D eigenvalue weighted by molar-refractivity contribution is -0.161. The van der Waals surface area contributed by atoms with Crippen molar-refractivity contribution in [3.05, 3.63) is 0 Å². The number of esters is 4. The SMILES string of the molecule is CCCCCCCCCCCCCCCCCCCCCCCCC(=O)O[C@H](COC(=O)CCCCCCCCCCCCCCCCCC(C)C)COP(=O)(O)OC[C@@H](O)COP(=O)(O)OC[C@@H](COC(=O)CCCCCCCCCC(C)C)OC(=O)CCCCCCCCCCCCC(C)CC. The Morgan fingerprint density at radius 2 is 0.490 bits per heavy atom. The first kappa shape index (κ1) is 102. The molecule has 0 aliphatic rings. The predicted molar refractivity (Wildman–Crippen MR) is 428 cm³/mol. The second kappa shape index (κ2) is 75.1. The van der Waals surface area contributed by atoms with Crippen LogP contribution in [-0.2, 0) is 65.4 Å². The van der Waals surface area contributed by atoms with Crippen LogP contribution >= 0.6 is 15.6 Å². The molecule has 0 spiro atoms. The number of aliphatic hydroxyl groups excluding tert-OH is 1. The average molecular weight is 1520 g/mol. The van der Waals surface area contributed by atoms with E-state index >= 15 is 0 Å². The smallest absolute Gasteiger partial charge is 0.462 e. The topological polar surface area (TPSA) is 237 Å². The van der Waals surface area contributed by atoms with Crippen molar-refractivity contribution in [3.63, 3.8) is 0 Å². The molecule has 17 nitrogen and oxygen atoms in total. The van der Waals surface area contributed by atoms with E-state index in [1.807, 2.05) is 0 Å². The van der Waals surface area contributed by atoms with Crippen LogP contribution in [0.2, 0.25) is 0 Å². The molecule has 0 aromatic rings. The van der Waals surface area contributed by atoms with E-state index in [4.69, 9.17) is 37.0 Å². The Morgan fingerprint density at radius 3 is 0.731 bits per heavy atom. The van der Waals surface area contributed by atoms with Gasteiger partial charge in [0, 0.05) is 25.7 Å². The molecule has 0 radical (unpaired) electrons. The predicted octanol–water partition coefficient (Wildman–Crippen LogP) is 25.7. The van der Waals surface area contributed by atoms with Crippen LogP contribution < -0.4 is 0 Å². The Balaban J connectivity index is 5.22. The molecule has 0 aromatic carbocycles. The molecule has 0 amide bonds. The molecule has 0 aliphatic heterocycles. The minimum Gasteiger partial charge on any atom is -0.462 e. The highest BCUT2D eigenvalue weighted by molar-refractivity contribution is 7.47. The quantitative estimate of drug-likeness (QED) is 0.0222. The summed E-state index contributed by atoms with van der Waals surface area (Å²) in [5, 5.41) is 10.7. The van der Waals surface area contributed by atoms with Crippen LogP contribution in [0.1, 0.15) is 447 Å². The minimum absolute atomic E-state index is 0.106. The Morgan fingerprint density at radius 1 is 0.279 bits per heavy atom. The molecular formula is C85H166O17P2. The van der Waals surface area contributed by atoms with Crippen LogP contribution in [-0.4, -0.2) is 96.7 Å². The third-order valence-corrected chi connectivity index (χ3v) is 22.1. The number of phosphoric acid groups is 2. The number of ether oxygens (including phenoxy) is 4. The summed E-state index contributed by atoms with van der Waals surface area (Å²) < 4.78 is 68.8. The van der Waals surface area contributed by atoms with E-state index in [2.05, 4.69) is 48.5 Å². The molecule has 0 aliphatic carbocycles. The number of aliphatic hydroxyl groups is 1. The highest BCUT2D eigenvalue weighted by Crippen LogP contribution is 2.45. The lowest BCUT2D eigenvalue weighted by Crippen LogP contribution is -2.30. The fraction of sp³-hybridized carbons (Fsp3) is 0.953. The fourth-order valence-electron chi connectivity index (χ4n) is 13.2. The number of phosphoric ester groups is 2. The van der Waals surface area contributed by atoms with Gasteiger partial charge in [0.25, 0.3) is 0 Å². The molecule has 0 rings (SSSR count). The van der Waals surface area contributed by atoms with Crippen LogP contribution in [0.3, 0.4) is 0 Å². The summed E-state index contributed by atoms with van der Waals surface area (Å²) in [7, 11) is -9.93. The number of carbonyl (C=O) groups is 4. The van der Waals surface area contributed by atoms with Gasteiger partial charge < -0.3 is 33.8 Å². The van der Waals surface area contributed by atoms with Crippen LogP contribution in [0, 0.1) is 17.8 Å². The molecular weight excluding hydrogens is 1350 g/mol. The molecule has 0 heterocycles. The Labute approximate surface area is 638 Å². The van der Waals surface area contributed by atoms with Gasteiger partial charge >= 0.3 is 39.5 Å². The second-order valence-electron chi connectivity index (χ2n) is 31.8. The molecule has 3 unspecified atom stereocenters. The maximum Gasteiger partial charge on any atom is 0.472 e. The third-order valence-electron chi connectivity index (χ3n) is 20.2. The third kappa shape index (κ3) is 76.8. The molecule has 104 heavy (non-hydrogen) atoms. The molecule has 19 heteroatoms. The summed E-state index contributed by atoms with van der Waals surface area (Å²) in [4.78, 5) is 73.1. The van der Waals surface area contributed by atoms with Gasteiger partial charge in [0.2, 0.25) is 0 Å². The van der Waals surface area contributed by atoms with Crippen molar-refractivity contribution in [1.29, 1.82) is 0 Å². The number of unbranched alkanes of at least 4 members (excludes halogenated alkanes) is 50. The molecule has 0 aromatic heterocycles. The highest BCUT2D eigenvalue weighted by Gasteiger charge is 2.30. The standard InChI is InChI=1S/C85H166O17P2/c1-8-10-11-12-13-14-15-16-17-18-19-20-21-22-23-26-30-33-39-46-54-61-68-84(89)101-80(72-95-82(87)66-59-52-45-38-32-29-27-24-25-28-31-36-42-49-56-63-76(3)4)74-99-103(91,92)97-70-79(86)71-98-104(93,94)100-75-81(73-96-83(88)67-60-53-48-41-43-50-57-64-77(5)6)102-85(90)69-62-55-47-40-35-34-37-44-51-58-65-78(7)9-2/h76-81,86H,8-75H2,1-7H3,(H,91,92)(H,93,94)/t78?,79-,80-,81-/m1/s1. The van der Waals surface area contributed by atoms with Gasteiger partial charge in [-0.15, -0.1) is 0 Å². The molecule has 6 atom stereocenters. The average Bonchev–Trinajstić information content (AvgIpc) is 0.906. The lowest BCUT2D eigenvalue weighted by atomic mass is 9.99. The van der Waals surface area contributed by atoms with Crippen LogP contribution in [0.4, 0.5) is 0 Å². The number of rotatable bonds is 83. The second-order valence-corrected chi connectivity index (χ2v) is 34.7. The van der Waals surface area contributed by atoms with Crippen molar-refractivity contribution < 1.29 is 80.2 Å². The van der Waals surface area contributed by atoms with Crippen molar-refractivity contribution in [3.8, 4) is 0 Å². The number of hydrogen-bond acceptors (Lipinski definition) is 15. The van der Waals surface area contributed by atoms with Gasteiger partial charge in [0.05, 0.1) is 26.4 Å². The van der Waals surface area contributed by atoms with Gasteiger partial charge in [0.1, 0.15) is 19.3 Å². The van der Waals surface area contributed by atoms with Gasteiger partial charge in [-0.2, -0.15) is 0 Å². The van der Waals surface area contributed by atoms with Crippen molar-refractivity contribution in [2.24, 2.45) is 17.8 Å². The summed E-state index contributed by atoms with van der Waals surface area (Å²) in [5.41, 5.74) is 0. The maximum atomic E-state index is 13.1. The van der Waals surface area contributed by atoms with Crippen molar-refractivity contribution in [2.75, 3.05) is 39.6 Å². The number of hydrogen-bond donors (Lipinski definition) is 3. The Bertz CT molecular complexity index is 2010. The normalized spacial score (nSPS) is 14.2. The molecule has 0 saturated carbocycles. The molecule has 618 valence electrons. The zero-order valence-corrected chi connectivity index (χ0v) is 70.3. The van der Waals surface area contributed by atoms with E-state index in [0.29, 0.717) is 31.6 Å². The van der Waals surface area contributed by atoms with Gasteiger partial charge in [0.15, 0.2) is 12.2 Å². The lowest BCUT2D eigenvalue weighted by Gasteiger charge is -2.21. The van der Waals surface area contributed by atoms with E-state index in [1.165, 1.54) is 250 Å². The van der Waals surface area contributed by atoms with Crippen LogP contribution in [0.5, 0.6) is 0 Å². The highest BCUT2D eigenvalue weighted by atomic mass is 31.2. The minimum atomic E-state index is -4.97. The molecule has 0 fully saturated rings. The summed E-state index contributed by atoms with van der Waals surface area (Å²) in [6.45, 7) is 12.0. The van der Waals surface area contributed by atoms with E-state index < -0.39 is 97.5 Å². The van der Waals surface area contributed by atoms with Crippen LogP contribution in [0.15, 0.2) is 0 Å². The van der Waals surface area contributed by atoms with Gasteiger partial charge in [-0.1, -0.05) is 395 Å². The maximum absolute atomic E-state index is 13.1. The van der Waals surface area contributed by atoms with Gasteiger partial charge in [-0.25, -0.2) is 9.13 Å². The first-order valence-corrected chi connectivity index (χ1v) is 46.9. The number of carbonyl (C=O) groups excluding carboxylic acids is 4. The Hall–Kier alpha value is -1.94. The largest absolute Gasteiger partial charge is 0.472 e. The van der Waals surface area contributed by atoms with Gasteiger partial charge in [-0.05, 0) is 43.4 Å². The van der Waals surface area contributed by atoms with E-state index in [1.54, 1.807) is 0 Å². The zero-order chi connectivity index (χ0) is 76.5.